The third kappa shape index (κ3) is 7.19. The molecule has 2 aromatic carbocycles. The van der Waals surface area contributed by atoms with Gasteiger partial charge in [-0.1, -0.05) is 31.5 Å². The fourth-order valence-electron chi connectivity index (χ4n) is 5.39. The van der Waals surface area contributed by atoms with Crippen LogP contribution in [0.3, 0.4) is 0 Å². The van der Waals surface area contributed by atoms with Crippen LogP contribution in [-0.2, 0) is 25.7 Å². The van der Waals surface area contributed by atoms with Gasteiger partial charge in [0.05, 0.1) is 29.2 Å². The topological polar surface area (TPSA) is 79.0 Å². The first-order valence-corrected chi connectivity index (χ1v) is 14.6. The number of likely N-dealkylation sites (tertiary alicyclic amines) is 1. The molecule has 2 aliphatic rings. The molecule has 11 heteroatoms. The zero-order valence-corrected chi connectivity index (χ0v) is 23.3. The number of carbonyl (C=O) groups excluding carboxylic acids is 1. The van der Waals surface area contributed by atoms with Gasteiger partial charge in [-0.2, -0.15) is 17.5 Å². The first-order valence-electron chi connectivity index (χ1n) is 13.2. The molecule has 2 aromatic rings. The quantitative estimate of drug-likeness (QED) is 0.514. The number of carbonyl (C=O) groups is 1. The summed E-state index contributed by atoms with van der Waals surface area (Å²) in [7, 11) is -3.77. The van der Waals surface area contributed by atoms with Crippen molar-refractivity contribution in [3.05, 3.63) is 59.7 Å². The average molecular weight is 568 g/mol. The molecule has 0 unspecified atom stereocenters. The van der Waals surface area contributed by atoms with Gasteiger partial charge in [0.2, 0.25) is 15.9 Å². The molecule has 0 bridgehead atoms. The molecule has 7 nitrogen and oxygen atoms in total. The van der Waals surface area contributed by atoms with Crippen LogP contribution in [0.1, 0.15) is 44.2 Å². The Labute approximate surface area is 228 Å². The molecular weight excluding hydrogens is 531 g/mol. The van der Waals surface area contributed by atoms with Gasteiger partial charge in [-0.15, -0.1) is 0 Å². The number of anilines is 1. The summed E-state index contributed by atoms with van der Waals surface area (Å²) in [5.74, 6) is -0.0791. The number of halogens is 3. The highest BCUT2D eigenvalue weighted by atomic mass is 32.2. The van der Waals surface area contributed by atoms with E-state index < -0.39 is 27.4 Å². The van der Waals surface area contributed by atoms with E-state index >= 15 is 0 Å². The van der Waals surface area contributed by atoms with Gasteiger partial charge in [0.1, 0.15) is 0 Å². The van der Waals surface area contributed by atoms with Crippen molar-refractivity contribution in [2.24, 2.45) is 5.92 Å². The summed E-state index contributed by atoms with van der Waals surface area (Å²) in [6.45, 7) is 7.51. The van der Waals surface area contributed by atoms with Gasteiger partial charge in [0, 0.05) is 24.8 Å². The van der Waals surface area contributed by atoms with E-state index in [1.807, 2.05) is 11.8 Å². The summed E-state index contributed by atoms with van der Waals surface area (Å²) in [5, 5.41) is 2.65. The van der Waals surface area contributed by atoms with Gasteiger partial charge >= 0.3 is 6.18 Å². The number of aryl methyl sites for hydroxylation is 1. The van der Waals surface area contributed by atoms with Crippen LogP contribution in [0.2, 0.25) is 0 Å². The fourth-order valence-corrected chi connectivity index (χ4v) is 7.09. The predicted octanol–water partition coefficient (Wildman–Crippen LogP) is 4.92. The van der Waals surface area contributed by atoms with Gasteiger partial charge in [-0.05, 0) is 75.0 Å². The number of benzene rings is 2. The van der Waals surface area contributed by atoms with Crippen molar-refractivity contribution in [1.82, 2.24) is 9.21 Å². The van der Waals surface area contributed by atoms with Crippen molar-refractivity contribution in [2.45, 2.75) is 62.7 Å². The van der Waals surface area contributed by atoms with Gasteiger partial charge in [-0.25, -0.2) is 8.42 Å². The second-order valence-electron chi connectivity index (χ2n) is 11.1. The van der Waals surface area contributed by atoms with Crippen molar-refractivity contribution in [3.8, 4) is 0 Å². The van der Waals surface area contributed by atoms with E-state index in [1.54, 1.807) is 28.6 Å². The Kier molecular flexibility index (Phi) is 8.75. The molecule has 0 saturated carbocycles. The van der Waals surface area contributed by atoms with Gasteiger partial charge in [0.15, 0.2) is 0 Å². The Hall–Kier alpha value is -2.47. The van der Waals surface area contributed by atoms with Crippen molar-refractivity contribution in [3.63, 3.8) is 0 Å². The summed E-state index contributed by atoms with van der Waals surface area (Å²) in [6, 6.07) is 10.9. The Morgan fingerprint density at radius 2 is 1.77 bits per heavy atom. The minimum atomic E-state index is -4.44. The maximum atomic E-state index is 13.8. The molecular formula is C28H36F3N3O4S. The molecule has 0 aromatic heterocycles. The molecule has 2 saturated heterocycles. The third-order valence-corrected chi connectivity index (χ3v) is 9.20. The average Bonchev–Trinajstić information content (AvgIpc) is 2.85. The maximum absolute atomic E-state index is 13.8. The minimum Gasteiger partial charge on any atom is -0.371 e. The lowest BCUT2D eigenvalue weighted by molar-refractivity contribution is -0.146. The van der Waals surface area contributed by atoms with Crippen LogP contribution in [0, 0.1) is 12.8 Å². The highest BCUT2D eigenvalue weighted by Crippen LogP contribution is 2.36. The molecule has 4 rings (SSSR count). The molecule has 0 radical (unpaired) electrons. The van der Waals surface area contributed by atoms with Crippen LogP contribution in [0.5, 0.6) is 0 Å². The number of nitrogens with one attached hydrogen (secondary N) is 1. The van der Waals surface area contributed by atoms with E-state index in [0.29, 0.717) is 25.9 Å². The SMILES string of the molecule is Cc1ccc(S(=O)(=O)N2C[C@]3(CCCN(CC(=O)Nc4ccc(C(F)(F)F)cc4)C3)OC[C@@H]2CC(C)C)cc1. The van der Waals surface area contributed by atoms with Gasteiger partial charge in [-0.3, -0.25) is 9.69 Å². The van der Waals surface area contributed by atoms with Crippen molar-refractivity contribution < 1.29 is 31.1 Å². The van der Waals surface area contributed by atoms with E-state index in [1.165, 1.54) is 12.1 Å². The molecule has 2 fully saturated rings. The van der Waals surface area contributed by atoms with Crippen LogP contribution >= 0.6 is 0 Å². The second-order valence-corrected chi connectivity index (χ2v) is 13.0. The van der Waals surface area contributed by atoms with E-state index in [9.17, 15) is 26.4 Å². The Morgan fingerprint density at radius 1 is 1.10 bits per heavy atom. The molecule has 214 valence electrons. The van der Waals surface area contributed by atoms with Crippen LogP contribution in [-0.4, -0.2) is 68.0 Å². The first-order chi connectivity index (χ1) is 18.3. The number of nitrogens with zero attached hydrogens (tertiary/aromatic N) is 2. The van der Waals surface area contributed by atoms with E-state index in [-0.39, 0.29) is 48.1 Å². The van der Waals surface area contributed by atoms with Crippen LogP contribution in [0.25, 0.3) is 0 Å². The van der Waals surface area contributed by atoms with Crippen molar-refractivity contribution in [1.29, 1.82) is 0 Å². The standard InChI is InChI=1S/C28H36F3N3O4S/c1-20(2)15-24-17-38-27(19-34(24)39(36,37)25-11-5-21(3)6-12-25)13-4-14-33(18-27)16-26(35)32-23-9-7-22(8-10-23)28(29,30)31/h5-12,20,24H,4,13-19H2,1-3H3,(H,32,35)/t24-,27+/m0/s1. The lowest BCUT2D eigenvalue weighted by Crippen LogP contribution is -2.64. The number of ether oxygens (including phenoxy) is 1. The summed E-state index contributed by atoms with van der Waals surface area (Å²) in [5.41, 5.74) is -0.281. The molecule has 0 aliphatic carbocycles. The molecule has 39 heavy (non-hydrogen) atoms. The van der Waals surface area contributed by atoms with Crippen LogP contribution in [0.15, 0.2) is 53.4 Å². The summed E-state index contributed by atoms with van der Waals surface area (Å²) in [4.78, 5) is 14.9. The number of sulfonamides is 1. The van der Waals surface area contributed by atoms with Crippen LogP contribution < -0.4 is 5.32 Å². The zero-order chi connectivity index (χ0) is 28.4. The first kappa shape index (κ1) is 29.5. The normalized spacial score (nSPS) is 23.3. The molecule has 2 atom stereocenters. The monoisotopic (exact) mass is 567 g/mol. The predicted molar refractivity (Wildman–Crippen MR) is 143 cm³/mol. The minimum absolute atomic E-state index is 0.0201. The van der Waals surface area contributed by atoms with Gasteiger partial charge < -0.3 is 10.1 Å². The van der Waals surface area contributed by atoms with E-state index in [0.717, 1.165) is 24.1 Å². The van der Waals surface area contributed by atoms with Crippen molar-refractivity contribution in [2.75, 3.05) is 38.1 Å². The molecule has 1 amide bonds. The number of rotatable bonds is 7. The summed E-state index contributed by atoms with van der Waals surface area (Å²) in [6.07, 6.45) is -2.39. The number of piperidine rings is 1. The molecule has 2 aliphatic heterocycles. The highest BCUT2D eigenvalue weighted by molar-refractivity contribution is 7.89. The fraction of sp³-hybridized carbons (Fsp3) is 0.536. The number of amides is 1. The van der Waals surface area contributed by atoms with E-state index in [4.69, 9.17) is 4.74 Å². The van der Waals surface area contributed by atoms with Gasteiger partial charge in [0.25, 0.3) is 0 Å². The Balaban J connectivity index is 1.46. The number of morpholine rings is 1. The molecule has 1 N–H and O–H groups in total. The smallest absolute Gasteiger partial charge is 0.371 e. The maximum Gasteiger partial charge on any atom is 0.416 e. The van der Waals surface area contributed by atoms with Crippen molar-refractivity contribution >= 4 is 21.6 Å². The lowest BCUT2D eigenvalue weighted by atomic mass is 9.89. The zero-order valence-electron chi connectivity index (χ0n) is 22.5. The third-order valence-electron chi connectivity index (χ3n) is 7.29. The number of hydrogen-bond acceptors (Lipinski definition) is 5. The highest BCUT2D eigenvalue weighted by Gasteiger charge is 2.47. The Bertz CT molecular complexity index is 1250. The second kappa shape index (κ2) is 11.6. The van der Waals surface area contributed by atoms with E-state index in [2.05, 4.69) is 19.2 Å². The number of hydrogen-bond donors (Lipinski definition) is 1. The molecule has 2 heterocycles. The Morgan fingerprint density at radius 3 is 2.38 bits per heavy atom. The summed E-state index contributed by atoms with van der Waals surface area (Å²) >= 11 is 0. The molecule has 1 spiro atoms. The van der Waals surface area contributed by atoms with Crippen LogP contribution in [0.4, 0.5) is 18.9 Å². The number of alkyl halides is 3. The summed E-state index contributed by atoms with van der Waals surface area (Å²) < 4.78 is 74.0. The lowest BCUT2D eigenvalue weighted by Gasteiger charge is -2.50. The largest absolute Gasteiger partial charge is 0.416 e.